The number of halogens is 1. The smallest absolute Gasteiger partial charge is 0.305 e. The van der Waals surface area contributed by atoms with E-state index in [0.717, 1.165) is 0 Å². The summed E-state index contributed by atoms with van der Waals surface area (Å²) in [5.41, 5.74) is 0.572. The lowest BCUT2D eigenvalue weighted by Gasteiger charge is -2.24. The van der Waals surface area contributed by atoms with Gasteiger partial charge < -0.3 is 10.0 Å². The normalized spacial score (nSPS) is 10.6. The van der Waals surface area contributed by atoms with Gasteiger partial charge in [0, 0.05) is 29.7 Å². The van der Waals surface area contributed by atoms with Crippen molar-refractivity contribution >= 4 is 33.5 Å². The molecule has 0 aliphatic heterocycles. The van der Waals surface area contributed by atoms with Gasteiger partial charge in [0.05, 0.1) is 17.8 Å². The Morgan fingerprint density at radius 2 is 2.04 bits per heavy atom. The Kier molecular flexibility index (Phi) is 7.15. The molecule has 0 unspecified atom stereocenters. The SMILES string of the molecule is CC(C)CN(CCC(=O)O)C(=O)Cc1ccc([N+](=O)[O-])cc1Br. The number of nitrogens with zero attached hydrogens (tertiary/aromatic N) is 2. The molecule has 126 valence electrons. The number of non-ortho nitro benzene ring substituents is 1. The molecule has 1 amide bonds. The lowest BCUT2D eigenvalue weighted by molar-refractivity contribution is -0.384. The summed E-state index contributed by atoms with van der Waals surface area (Å²) in [5, 5.41) is 19.5. The zero-order chi connectivity index (χ0) is 17.6. The molecule has 0 aromatic heterocycles. The summed E-state index contributed by atoms with van der Waals surface area (Å²) in [5.74, 6) is -0.939. The molecule has 0 fully saturated rings. The number of hydrogen-bond acceptors (Lipinski definition) is 4. The zero-order valence-corrected chi connectivity index (χ0v) is 14.6. The van der Waals surface area contributed by atoms with Crippen LogP contribution in [0.5, 0.6) is 0 Å². The molecule has 0 saturated carbocycles. The van der Waals surface area contributed by atoms with Crippen LogP contribution in [0.25, 0.3) is 0 Å². The molecule has 8 heteroatoms. The topological polar surface area (TPSA) is 101 Å². The van der Waals surface area contributed by atoms with E-state index >= 15 is 0 Å². The van der Waals surface area contributed by atoms with Crippen LogP contribution in [0.3, 0.4) is 0 Å². The van der Waals surface area contributed by atoms with Crippen molar-refractivity contribution in [2.24, 2.45) is 5.92 Å². The van der Waals surface area contributed by atoms with Crippen molar-refractivity contribution in [3.05, 3.63) is 38.3 Å². The molecule has 0 aliphatic carbocycles. The predicted molar refractivity (Wildman–Crippen MR) is 88.2 cm³/mol. The average Bonchev–Trinajstić information content (AvgIpc) is 2.44. The quantitative estimate of drug-likeness (QED) is 0.546. The van der Waals surface area contributed by atoms with Crippen LogP contribution in [0.15, 0.2) is 22.7 Å². The van der Waals surface area contributed by atoms with Gasteiger partial charge in [0.15, 0.2) is 0 Å². The van der Waals surface area contributed by atoms with Crippen LogP contribution in [-0.4, -0.2) is 39.9 Å². The van der Waals surface area contributed by atoms with E-state index in [0.29, 0.717) is 16.6 Å². The number of carboxylic acid groups (broad SMARTS) is 1. The summed E-state index contributed by atoms with van der Waals surface area (Å²) in [7, 11) is 0. The summed E-state index contributed by atoms with van der Waals surface area (Å²) in [6.07, 6.45) is -0.0508. The van der Waals surface area contributed by atoms with Crippen molar-refractivity contribution < 1.29 is 19.6 Å². The minimum absolute atomic E-state index is 0.0574. The second-order valence-corrected chi connectivity index (χ2v) is 6.44. The van der Waals surface area contributed by atoms with Crippen LogP contribution in [0.2, 0.25) is 0 Å². The molecule has 1 aromatic rings. The third kappa shape index (κ3) is 6.35. The zero-order valence-electron chi connectivity index (χ0n) is 13.0. The largest absolute Gasteiger partial charge is 0.481 e. The molecular weight excluding hydrogens is 368 g/mol. The highest BCUT2D eigenvalue weighted by atomic mass is 79.9. The summed E-state index contributed by atoms with van der Waals surface area (Å²) >= 11 is 3.24. The van der Waals surface area contributed by atoms with Gasteiger partial charge in [-0.1, -0.05) is 35.8 Å². The number of rotatable bonds is 8. The first-order chi connectivity index (χ1) is 10.7. The second-order valence-electron chi connectivity index (χ2n) is 5.59. The first-order valence-corrected chi connectivity index (χ1v) is 7.92. The summed E-state index contributed by atoms with van der Waals surface area (Å²) in [6.45, 7) is 4.51. The number of benzene rings is 1. The fraction of sp³-hybridized carbons (Fsp3) is 0.467. The number of hydrogen-bond donors (Lipinski definition) is 1. The van der Waals surface area contributed by atoms with Gasteiger partial charge in [-0.25, -0.2) is 0 Å². The van der Waals surface area contributed by atoms with Crippen molar-refractivity contribution in [1.29, 1.82) is 0 Å². The van der Waals surface area contributed by atoms with Crippen LogP contribution in [0, 0.1) is 16.0 Å². The second kappa shape index (κ2) is 8.61. The van der Waals surface area contributed by atoms with E-state index in [1.165, 1.54) is 23.1 Å². The Balaban J connectivity index is 2.84. The third-order valence-corrected chi connectivity index (χ3v) is 3.86. The van der Waals surface area contributed by atoms with Crippen molar-refractivity contribution in [2.45, 2.75) is 26.7 Å². The molecule has 0 heterocycles. The molecule has 0 atom stereocenters. The highest BCUT2D eigenvalue weighted by Crippen LogP contribution is 2.24. The van der Waals surface area contributed by atoms with Gasteiger partial charge in [0.25, 0.3) is 5.69 Å². The Labute approximate surface area is 142 Å². The minimum atomic E-state index is -0.955. The molecule has 0 bridgehead atoms. The number of carbonyl (C=O) groups is 2. The van der Waals surface area contributed by atoms with Crippen LogP contribution in [-0.2, 0) is 16.0 Å². The van der Waals surface area contributed by atoms with Crippen LogP contribution in [0.1, 0.15) is 25.8 Å². The number of amides is 1. The molecule has 7 nitrogen and oxygen atoms in total. The molecule has 0 saturated heterocycles. The van der Waals surface area contributed by atoms with Crippen molar-refractivity contribution in [2.75, 3.05) is 13.1 Å². The maximum atomic E-state index is 12.4. The van der Waals surface area contributed by atoms with Gasteiger partial charge in [-0.05, 0) is 11.5 Å². The molecule has 0 radical (unpaired) electrons. The lowest BCUT2D eigenvalue weighted by atomic mass is 10.1. The summed E-state index contributed by atoms with van der Waals surface area (Å²) in [4.78, 5) is 34.9. The van der Waals surface area contributed by atoms with E-state index in [1.54, 1.807) is 0 Å². The Bertz CT molecular complexity index is 604. The summed E-state index contributed by atoms with van der Waals surface area (Å²) < 4.78 is 0.489. The van der Waals surface area contributed by atoms with E-state index < -0.39 is 10.9 Å². The fourth-order valence-corrected chi connectivity index (χ4v) is 2.56. The van der Waals surface area contributed by atoms with Crippen LogP contribution >= 0.6 is 15.9 Å². The van der Waals surface area contributed by atoms with Gasteiger partial charge in [-0.3, -0.25) is 19.7 Å². The highest BCUT2D eigenvalue weighted by Gasteiger charge is 2.18. The number of nitro groups is 1. The van der Waals surface area contributed by atoms with Crippen LogP contribution in [0.4, 0.5) is 5.69 Å². The molecule has 1 aromatic carbocycles. The van der Waals surface area contributed by atoms with E-state index in [9.17, 15) is 19.7 Å². The Morgan fingerprint density at radius 3 is 2.52 bits per heavy atom. The van der Waals surface area contributed by atoms with Gasteiger partial charge in [0.2, 0.25) is 5.91 Å². The molecule has 0 aliphatic rings. The average molecular weight is 387 g/mol. The molecule has 0 spiro atoms. The lowest BCUT2D eigenvalue weighted by Crippen LogP contribution is -2.37. The van der Waals surface area contributed by atoms with Crippen LogP contribution < -0.4 is 0 Å². The first kappa shape index (κ1) is 19.1. The Hall–Kier alpha value is -1.96. The van der Waals surface area contributed by atoms with Gasteiger partial charge >= 0.3 is 5.97 Å². The van der Waals surface area contributed by atoms with E-state index in [1.807, 2.05) is 13.8 Å². The fourth-order valence-electron chi connectivity index (χ4n) is 2.06. The molecular formula is C15H19BrN2O5. The number of aliphatic carboxylic acids is 1. The van der Waals surface area contributed by atoms with Crippen molar-refractivity contribution in [1.82, 2.24) is 4.90 Å². The van der Waals surface area contributed by atoms with Gasteiger partial charge in [0.1, 0.15) is 0 Å². The monoisotopic (exact) mass is 386 g/mol. The van der Waals surface area contributed by atoms with Crippen molar-refractivity contribution in [3.63, 3.8) is 0 Å². The van der Waals surface area contributed by atoms with Gasteiger partial charge in [-0.2, -0.15) is 0 Å². The van der Waals surface area contributed by atoms with Crippen molar-refractivity contribution in [3.8, 4) is 0 Å². The first-order valence-electron chi connectivity index (χ1n) is 7.13. The standard InChI is InChI=1S/C15H19BrN2O5/c1-10(2)9-17(6-5-15(20)21)14(19)7-11-3-4-12(18(22)23)8-13(11)16/h3-4,8,10H,5-7,9H2,1-2H3,(H,20,21). The minimum Gasteiger partial charge on any atom is -0.481 e. The maximum Gasteiger partial charge on any atom is 0.305 e. The Morgan fingerprint density at radius 1 is 1.39 bits per heavy atom. The predicted octanol–water partition coefficient (Wildman–Crippen LogP) is 2.86. The molecule has 23 heavy (non-hydrogen) atoms. The number of carbonyl (C=O) groups excluding carboxylic acids is 1. The number of nitro benzene ring substituents is 1. The highest BCUT2D eigenvalue weighted by molar-refractivity contribution is 9.10. The molecule has 1 N–H and O–H groups in total. The number of carboxylic acids is 1. The summed E-state index contributed by atoms with van der Waals surface area (Å²) in [6, 6.07) is 4.23. The maximum absolute atomic E-state index is 12.4. The van der Waals surface area contributed by atoms with E-state index in [4.69, 9.17) is 5.11 Å². The third-order valence-electron chi connectivity index (χ3n) is 3.12. The van der Waals surface area contributed by atoms with Gasteiger partial charge in [-0.15, -0.1) is 0 Å². The van der Waals surface area contributed by atoms with E-state index in [2.05, 4.69) is 15.9 Å². The molecule has 1 rings (SSSR count). The van der Waals surface area contributed by atoms with E-state index in [-0.39, 0.29) is 36.9 Å².